The maximum atomic E-state index is 15.8. The predicted molar refractivity (Wildman–Crippen MR) is 132 cm³/mol. The molecule has 0 bridgehead atoms. The van der Waals surface area contributed by atoms with E-state index in [1.807, 2.05) is 0 Å². The van der Waals surface area contributed by atoms with Crippen molar-refractivity contribution in [1.29, 1.82) is 0 Å². The monoisotopic (exact) mass is 671 g/mol. The second-order valence-corrected chi connectivity index (χ2v) is 13.7. The fourth-order valence-corrected chi connectivity index (χ4v) is 5.83. The topological polar surface area (TPSA) is 62.9 Å². The first-order valence-corrected chi connectivity index (χ1v) is 14.0. The van der Waals surface area contributed by atoms with E-state index in [1.54, 1.807) is 0 Å². The first kappa shape index (κ1) is 39.1. The Hall–Kier alpha value is -1.04. The van der Waals surface area contributed by atoms with E-state index in [1.165, 1.54) is 48.5 Å². The van der Waals surface area contributed by atoms with Crippen molar-refractivity contribution in [2.24, 2.45) is 27.4 Å². The summed E-state index contributed by atoms with van der Waals surface area (Å²) in [5.41, 5.74) is -1.75. The summed E-state index contributed by atoms with van der Waals surface area (Å²) in [5.74, 6) is -18.7. The van der Waals surface area contributed by atoms with Gasteiger partial charge in [-0.1, -0.05) is 68.7 Å². The van der Waals surface area contributed by atoms with Gasteiger partial charge in [0.05, 0.1) is 0 Å². The third-order valence-electron chi connectivity index (χ3n) is 10.2. The van der Waals surface area contributed by atoms with Crippen molar-refractivity contribution in [3.8, 4) is 0 Å². The van der Waals surface area contributed by atoms with Crippen LogP contribution in [0.25, 0.3) is 0 Å². The summed E-state index contributed by atoms with van der Waals surface area (Å²) < 4.78 is 193. The highest BCUT2D eigenvalue weighted by atomic mass is 19.4. The van der Waals surface area contributed by atoms with Gasteiger partial charge < -0.3 is 15.2 Å². The molecular weight excluding hydrogens is 630 g/mol. The van der Waals surface area contributed by atoms with Gasteiger partial charge in [0.2, 0.25) is 0 Å². The number of hydrogen-bond acceptors (Lipinski definition) is 5. The Morgan fingerprint density at radius 3 is 1.20 bits per heavy atom. The zero-order valence-corrected chi connectivity index (χ0v) is 26.0. The first-order valence-electron chi connectivity index (χ1n) is 14.0. The second-order valence-electron chi connectivity index (χ2n) is 13.7. The van der Waals surface area contributed by atoms with Gasteiger partial charge in [0.1, 0.15) is 0 Å². The maximum Gasteiger partial charge on any atom is 0.455 e. The van der Waals surface area contributed by atoms with Crippen LogP contribution in [-0.2, 0) is 18.9 Å². The molecule has 4 unspecified atom stereocenters. The number of halogens is 12. The zero-order chi connectivity index (χ0) is 35.1. The molecule has 2 aliphatic rings. The lowest BCUT2D eigenvalue weighted by atomic mass is 9.53. The molecule has 0 radical (unpaired) electrons. The van der Waals surface area contributed by atoms with Crippen LogP contribution in [0.3, 0.4) is 0 Å². The molecule has 0 saturated carbocycles. The van der Waals surface area contributed by atoms with Gasteiger partial charge >= 0.3 is 36.3 Å². The zero-order valence-electron chi connectivity index (χ0n) is 26.0. The van der Waals surface area contributed by atoms with Gasteiger partial charge in [-0.15, -0.1) is 0 Å². The number of ether oxygens (including phenoxy) is 4. The van der Waals surface area contributed by atoms with E-state index in [4.69, 9.17) is 5.73 Å². The van der Waals surface area contributed by atoms with Gasteiger partial charge in [-0.25, -0.2) is 0 Å². The Bertz CT molecular complexity index is 1020. The van der Waals surface area contributed by atoms with Crippen molar-refractivity contribution in [3.05, 3.63) is 0 Å². The molecule has 262 valence electrons. The normalized spacial score (nSPS) is 33.7. The molecule has 0 spiro atoms. The quantitative estimate of drug-likeness (QED) is 0.222. The minimum Gasteiger partial charge on any atom is -0.330 e. The van der Waals surface area contributed by atoms with Crippen LogP contribution >= 0.6 is 0 Å². The van der Waals surface area contributed by atoms with Gasteiger partial charge in [-0.2, -0.15) is 52.7 Å². The van der Waals surface area contributed by atoms with Crippen molar-refractivity contribution in [2.45, 2.75) is 142 Å². The van der Waals surface area contributed by atoms with E-state index in [0.29, 0.717) is 0 Å². The molecule has 0 aliphatic carbocycles. The molecule has 44 heavy (non-hydrogen) atoms. The molecule has 4 atom stereocenters. The predicted octanol–water partition coefficient (Wildman–Crippen LogP) is 9.15. The number of alkyl halides is 12. The third-order valence-corrected chi connectivity index (χ3v) is 10.2. The van der Waals surface area contributed by atoms with Crippen molar-refractivity contribution in [3.63, 3.8) is 0 Å². The van der Waals surface area contributed by atoms with Crippen LogP contribution in [0.5, 0.6) is 0 Å². The molecule has 17 heteroatoms. The van der Waals surface area contributed by atoms with Crippen LogP contribution in [0, 0.1) is 21.7 Å². The summed E-state index contributed by atoms with van der Waals surface area (Å²) in [7, 11) is 0. The van der Waals surface area contributed by atoms with Gasteiger partial charge in [-0.05, 0) is 23.7 Å². The number of nitrogens with two attached hydrogens (primary N) is 1. The molecule has 2 heterocycles. The molecule has 2 aliphatic heterocycles. The molecule has 0 aromatic heterocycles. The minimum absolute atomic E-state index is 0.000954. The Balaban J connectivity index is 3.01. The summed E-state index contributed by atoms with van der Waals surface area (Å²) >= 11 is 0. The lowest BCUT2D eigenvalue weighted by Crippen LogP contribution is -2.64. The van der Waals surface area contributed by atoms with Gasteiger partial charge in [0, 0.05) is 30.2 Å². The summed E-state index contributed by atoms with van der Waals surface area (Å²) in [4.78, 5) is 0. The third kappa shape index (κ3) is 5.41. The van der Waals surface area contributed by atoms with Gasteiger partial charge in [-0.3, -0.25) is 9.47 Å². The Labute approximate surface area is 248 Å². The SMILES string of the molecule is CCC(C)(C)CC1(C(C)(CN)C(C)(CC)CC2(C(C)(C)CC)OC(F)(F)C(F)(F)O2)OC(F)(C(F)(F)F)C(F)(C(F)(F)F)O1. The molecule has 0 aromatic carbocycles. The Morgan fingerprint density at radius 2 is 0.932 bits per heavy atom. The second kappa shape index (κ2) is 10.7. The van der Waals surface area contributed by atoms with Crippen molar-refractivity contribution >= 4 is 0 Å². The van der Waals surface area contributed by atoms with Crippen LogP contribution < -0.4 is 5.73 Å². The summed E-state index contributed by atoms with van der Waals surface area (Å²) in [6.45, 7) is 10.2. The Morgan fingerprint density at radius 1 is 0.545 bits per heavy atom. The Kier molecular flexibility index (Phi) is 9.55. The maximum absolute atomic E-state index is 15.8. The molecule has 2 rings (SSSR count). The van der Waals surface area contributed by atoms with Crippen LogP contribution in [0.4, 0.5) is 52.7 Å². The largest absolute Gasteiger partial charge is 0.455 e. The minimum atomic E-state index is -6.67. The van der Waals surface area contributed by atoms with E-state index in [2.05, 4.69) is 18.9 Å². The van der Waals surface area contributed by atoms with Crippen LogP contribution in [0.2, 0.25) is 0 Å². The van der Waals surface area contributed by atoms with E-state index in [0.717, 1.165) is 13.8 Å². The number of rotatable bonds is 11. The van der Waals surface area contributed by atoms with Crippen molar-refractivity contribution in [1.82, 2.24) is 0 Å². The highest BCUT2D eigenvalue weighted by Crippen LogP contribution is 2.70. The van der Waals surface area contributed by atoms with Crippen LogP contribution in [0.15, 0.2) is 0 Å². The standard InChI is InChI=1S/C27H41F12NO4/c1-10-16(4,5)13-21(41-22(28,24(30,31)32)23(29,42-21)25(33,34)35)19(9,15-40)18(8,12-3)14-20(17(6,7)11-2)43-26(36,37)27(38,39)44-20/h10-15,40H2,1-9H3. The van der Waals surface area contributed by atoms with Gasteiger partial charge in [0.15, 0.2) is 11.6 Å². The van der Waals surface area contributed by atoms with Crippen LogP contribution in [0.1, 0.15) is 94.4 Å². The lowest BCUT2D eigenvalue weighted by Gasteiger charge is -2.58. The average Bonchev–Trinajstić information content (AvgIpc) is 3.21. The first-order chi connectivity index (χ1) is 19.2. The smallest absolute Gasteiger partial charge is 0.330 e. The van der Waals surface area contributed by atoms with Crippen LogP contribution in [-0.4, -0.2) is 54.4 Å². The molecular formula is C27H41F12NO4. The number of hydrogen-bond donors (Lipinski definition) is 1. The summed E-state index contributed by atoms with van der Waals surface area (Å²) in [6.07, 6.45) is -26.5. The highest BCUT2D eigenvalue weighted by molar-refractivity contribution is 5.15. The van der Waals surface area contributed by atoms with E-state index in [9.17, 15) is 43.9 Å². The molecule has 2 saturated heterocycles. The van der Waals surface area contributed by atoms with E-state index >= 15 is 8.78 Å². The molecule has 2 N–H and O–H groups in total. The molecule has 5 nitrogen and oxygen atoms in total. The van der Waals surface area contributed by atoms with Crippen molar-refractivity contribution < 1.29 is 71.6 Å². The fraction of sp³-hybridized carbons (Fsp3) is 1.00. The molecule has 0 amide bonds. The fourth-order valence-electron chi connectivity index (χ4n) is 5.83. The lowest BCUT2D eigenvalue weighted by molar-refractivity contribution is -0.422. The molecule has 2 fully saturated rings. The van der Waals surface area contributed by atoms with E-state index in [-0.39, 0.29) is 12.8 Å². The summed E-state index contributed by atoms with van der Waals surface area (Å²) in [5, 5.41) is 0. The summed E-state index contributed by atoms with van der Waals surface area (Å²) in [6, 6.07) is 0. The van der Waals surface area contributed by atoms with Crippen molar-refractivity contribution in [2.75, 3.05) is 6.54 Å². The molecule has 0 aromatic rings. The average molecular weight is 672 g/mol. The van der Waals surface area contributed by atoms with E-state index < -0.39 is 95.3 Å². The van der Waals surface area contributed by atoms with Gasteiger partial charge in [0.25, 0.3) is 0 Å². The highest BCUT2D eigenvalue weighted by Gasteiger charge is 2.91.